The number of hydrogen-bond acceptors (Lipinski definition) is 7. The van der Waals surface area contributed by atoms with Gasteiger partial charge in [0.05, 0.1) is 25.5 Å². The second-order valence-electron chi connectivity index (χ2n) is 6.19. The van der Waals surface area contributed by atoms with E-state index in [2.05, 4.69) is 15.5 Å². The van der Waals surface area contributed by atoms with E-state index in [0.29, 0.717) is 34.8 Å². The van der Waals surface area contributed by atoms with Crippen LogP contribution < -0.4 is 19.6 Å². The van der Waals surface area contributed by atoms with Gasteiger partial charge >= 0.3 is 5.97 Å². The Kier molecular flexibility index (Phi) is 7.31. The van der Waals surface area contributed by atoms with Crippen LogP contribution in [-0.4, -0.2) is 36.8 Å². The van der Waals surface area contributed by atoms with E-state index in [1.807, 2.05) is 6.92 Å². The highest BCUT2D eigenvalue weighted by atomic mass is 16.6. The number of hydrogen-bond donors (Lipinski definition) is 1. The molecule has 0 fully saturated rings. The molecule has 2 aromatic carbocycles. The molecule has 0 aliphatic carbocycles. The molecular formula is C23H21N3O5. The Labute approximate surface area is 179 Å². The normalized spacial score (nSPS) is 10.5. The van der Waals surface area contributed by atoms with E-state index in [9.17, 15) is 9.59 Å². The molecule has 8 nitrogen and oxygen atoms in total. The van der Waals surface area contributed by atoms with Crippen LogP contribution in [0, 0.1) is 0 Å². The number of nitrogens with one attached hydrogen (secondary N) is 1. The minimum Gasteiger partial charge on any atom is -0.494 e. The number of carbonyl (C=O) groups is 2. The van der Waals surface area contributed by atoms with Crippen LogP contribution in [-0.2, 0) is 0 Å². The highest BCUT2D eigenvalue weighted by Gasteiger charge is 2.13. The number of benzene rings is 2. The number of hydrazone groups is 1. The fourth-order valence-corrected chi connectivity index (χ4v) is 2.59. The molecule has 0 saturated heterocycles. The first-order valence-corrected chi connectivity index (χ1v) is 9.47. The molecule has 158 valence electrons. The van der Waals surface area contributed by atoms with Crippen molar-refractivity contribution in [3.8, 4) is 17.2 Å². The summed E-state index contributed by atoms with van der Waals surface area (Å²) in [6, 6.07) is 14.8. The van der Waals surface area contributed by atoms with E-state index < -0.39 is 5.97 Å². The van der Waals surface area contributed by atoms with Gasteiger partial charge in [-0.15, -0.1) is 0 Å². The molecule has 1 N–H and O–H groups in total. The zero-order valence-corrected chi connectivity index (χ0v) is 17.1. The molecule has 0 aliphatic rings. The standard InChI is InChI=1S/C23H21N3O5/c1-3-30-19-7-5-18(6-8-19)23(28)31-20-9-4-16(14-21(20)29-2)15-25-26-22(27)17-10-12-24-13-11-17/h4-15H,3H2,1-2H3,(H,26,27). The van der Waals surface area contributed by atoms with Crippen LogP contribution in [0.4, 0.5) is 0 Å². The van der Waals surface area contributed by atoms with Gasteiger partial charge in [-0.3, -0.25) is 9.78 Å². The molecule has 0 bridgehead atoms. The quantitative estimate of drug-likeness (QED) is 0.260. The molecule has 0 saturated carbocycles. The van der Waals surface area contributed by atoms with Gasteiger partial charge in [-0.1, -0.05) is 0 Å². The maximum atomic E-state index is 12.4. The Morgan fingerprint density at radius 1 is 1.00 bits per heavy atom. The molecule has 0 radical (unpaired) electrons. The molecule has 1 amide bonds. The molecule has 0 aliphatic heterocycles. The highest BCUT2D eigenvalue weighted by molar-refractivity contribution is 5.95. The predicted octanol–water partition coefficient (Wildman–Crippen LogP) is 3.47. The summed E-state index contributed by atoms with van der Waals surface area (Å²) in [5, 5.41) is 3.93. The van der Waals surface area contributed by atoms with Crippen molar-refractivity contribution in [2.24, 2.45) is 5.10 Å². The lowest BCUT2D eigenvalue weighted by Gasteiger charge is -2.10. The van der Waals surface area contributed by atoms with Crippen LogP contribution >= 0.6 is 0 Å². The third kappa shape index (κ3) is 5.89. The molecule has 1 aromatic heterocycles. The lowest BCUT2D eigenvalue weighted by atomic mass is 10.2. The number of aromatic nitrogens is 1. The second-order valence-corrected chi connectivity index (χ2v) is 6.19. The summed E-state index contributed by atoms with van der Waals surface area (Å²) < 4.78 is 16.1. The Balaban J connectivity index is 1.65. The highest BCUT2D eigenvalue weighted by Crippen LogP contribution is 2.28. The molecule has 31 heavy (non-hydrogen) atoms. The Bertz CT molecular complexity index is 1070. The molecule has 0 spiro atoms. The largest absolute Gasteiger partial charge is 0.494 e. The van der Waals surface area contributed by atoms with Gasteiger partial charge < -0.3 is 14.2 Å². The van der Waals surface area contributed by atoms with Crippen molar-refractivity contribution >= 4 is 18.1 Å². The maximum absolute atomic E-state index is 12.4. The van der Waals surface area contributed by atoms with Crippen molar-refractivity contribution in [3.63, 3.8) is 0 Å². The summed E-state index contributed by atoms with van der Waals surface area (Å²) in [6.07, 6.45) is 4.51. The average Bonchev–Trinajstić information content (AvgIpc) is 2.81. The fraction of sp³-hybridized carbons (Fsp3) is 0.130. The monoisotopic (exact) mass is 419 g/mol. The molecular weight excluding hydrogens is 398 g/mol. The van der Waals surface area contributed by atoms with Gasteiger partial charge in [0.1, 0.15) is 5.75 Å². The Hall–Kier alpha value is -4.20. The zero-order chi connectivity index (χ0) is 22.1. The SMILES string of the molecule is CCOc1ccc(C(=O)Oc2ccc(C=NNC(=O)c3ccncc3)cc2OC)cc1. The molecule has 8 heteroatoms. The minimum atomic E-state index is -0.521. The second kappa shape index (κ2) is 10.5. The lowest BCUT2D eigenvalue weighted by molar-refractivity contribution is 0.0729. The van der Waals surface area contributed by atoms with Gasteiger partial charge in [-0.2, -0.15) is 5.10 Å². The van der Waals surface area contributed by atoms with Crippen molar-refractivity contribution in [2.75, 3.05) is 13.7 Å². The number of amides is 1. The Morgan fingerprint density at radius 2 is 1.74 bits per heavy atom. The van der Waals surface area contributed by atoms with Crippen LogP contribution in [0.25, 0.3) is 0 Å². The van der Waals surface area contributed by atoms with Crippen LogP contribution in [0.1, 0.15) is 33.2 Å². The van der Waals surface area contributed by atoms with Gasteiger partial charge in [0.2, 0.25) is 0 Å². The van der Waals surface area contributed by atoms with Gasteiger partial charge in [-0.05, 0) is 67.1 Å². The number of ether oxygens (including phenoxy) is 3. The Morgan fingerprint density at radius 3 is 2.42 bits per heavy atom. The van der Waals surface area contributed by atoms with E-state index in [0.717, 1.165) is 0 Å². The summed E-state index contributed by atoms with van der Waals surface area (Å²) in [6.45, 7) is 2.43. The molecule has 3 aromatic rings. The molecule has 3 rings (SSSR count). The maximum Gasteiger partial charge on any atom is 0.343 e. The van der Waals surface area contributed by atoms with E-state index in [4.69, 9.17) is 14.2 Å². The summed E-state index contributed by atoms with van der Waals surface area (Å²) in [5.41, 5.74) is 3.91. The van der Waals surface area contributed by atoms with Crippen LogP contribution in [0.15, 0.2) is 72.1 Å². The molecule has 0 atom stereocenters. The topological polar surface area (TPSA) is 99.1 Å². The van der Waals surface area contributed by atoms with Gasteiger partial charge in [-0.25, -0.2) is 10.2 Å². The molecule has 1 heterocycles. The average molecular weight is 419 g/mol. The van der Waals surface area contributed by atoms with E-state index in [1.165, 1.54) is 25.7 Å². The zero-order valence-electron chi connectivity index (χ0n) is 17.1. The summed E-state index contributed by atoms with van der Waals surface area (Å²) in [5.74, 6) is 0.415. The lowest BCUT2D eigenvalue weighted by Crippen LogP contribution is -2.17. The third-order valence-electron chi connectivity index (χ3n) is 4.11. The van der Waals surface area contributed by atoms with Gasteiger partial charge in [0.15, 0.2) is 11.5 Å². The van der Waals surface area contributed by atoms with Crippen molar-refractivity contribution in [3.05, 3.63) is 83.7 Å². The van der Waals surface area contributed by atoms with Crippen LogP contribution in [0.5, 0.6) is 17.2 Å². The van der Waals surface area contributed by atoms with Crippen molar-refractivity contribution in [1.29, 1.82) is 0 Å². The van der Waals surface area contributed by atoms with E-state index >= 15 is 0 Å². The van der Waals surface area contributed by atoms with Crippen LogP contribution in [0.2, 0.25) is 0 Å². The fourth-order valence-electron chi connectivity index (χ4n) is 2.59. The number of nitrogens with zero attached hydrogens (tertiary/aromatic N) is 2. The van der Waals surface area contributed by atoms with E-state index in [-0.39, 0.29) is 11.7 Å². The van der Waals surface area contributed by atoms with Crippen LogP contribution in [0.3, 0.4) is 0 Å². The predicted molar refractivity (Wildman–Crippen MR) is 115 cm³/mol. The minimum absolute atomic E-state index is 0.263. The number of pyridine rings is 1. The summed E-state index contributed by atoms with van der Waals surface area (Å²) >= 11 is 0. The van der Waals surface area contributed by atoms with Crippen molar-refractivity contribution < 1.29 is 23.8 Å². The number of methoxy groups -OCH3 is 1. The number of esters is 1. The van der Waals surface area contributed by atoms with E-state index in [1.54, 1.807) is 54.6 Å². The number of carbonyl (C=O) groups excluding carboxylic acids is 2. The molecule has 0 unspecified atom stereocenters. The summed E-state index contributed by atoms with van der Waals surface area (Å²) in [7, 11) is 1.47. The van der Waals surface area contributed by atoms with Crippen molar-refractivity contribution in [1.82, 2.24) is 10.4 Å². The first kappa shape index (κ1) is 21.5. The van der Waals surface area contributed by atoms with Gasteiger partial charge in [0.25, 0.3) is 5.91 Å². The van der Waals surface area contributed by atoms with Gasteiger partial charge in [0, 0.05) is 18.0 Å². The summed E-state index contributed by atoms with van der Waals surface area (Å²) in [4.78, 5) is 28.3. The first-order valence-electron chi connectivity index (χ1n) is 9.47. The third-order valence-corrected chi connectivity index (χ3v) is 4.11. The van der Waals surface area contributed by atoms with Crippen molar-refractivity contribution in [2.45, 2.75) is 6.92 Å². The number of rotatable bonds is 8. The smallest absolute Gasteiger partial charge is 0.343 e. The first-order chi connectivity index (χ1) is 15.1.